The molecule has 31 heavy (non-hydrogen) atoms. The van der Waals surface area contributed by atoms with Crippen LogP contribution in [0.2, 0.25) is 0 Å². The molecule has 1 atom stereocenters. The van der Waals surface area contributed by atoms with E-state index >= 15 is 0 Å². The van der Waals surface area contributed by atoms with Crippen LogP contribution >= 0.6 is 0 Å². The van der Waals surface area contributed by atoms with Gasteiger partial charge in [-0.15, -0.1) is 10.2 Å². The summed E-state index contributed by atoms with van der Waals surface area (Å²) in [6.07, 6.45) is 3.13. The van der Waals surface area contributed by atoms with Crippen LogP contribution in [0.5, 0.6) is 0 Å². The zero-order chi connectivity index (χ0) is 22.0. The van der Waals surface area contributed by atoms with Crippen LogP contribution in [-0.4, -0.2) is 45.1 Å². The second kappa shape index (κ2) is 8.68. The summed E-state index contributed by atoms with van der Waals surface area (Å²) in [6, 6.07) is 7.78. The monoisotopic (exact) mass is 425 g/mol. The van der Waals surface area contributed by atoms with Crippen LogP contribution in [0.4, 0.5) is 5.69 Å². The molecule has 3 heterocycles. The van der Waals surface area contributed by atoms with Gasteiger partial charge in [0.25, 0.3) is 11.6 Å². The summed E-state index contributed by atoms with van der Waals surface area (Å²) in [5, 5.41) is 22.1. The van der Waals surface area contributed by atoms with Crippen LogP contribution in [0.25, 0.3) is 11.5 Å². The van der Waals surface area contributed by atoms with Gasteiger partial charge in [0.1, 0.15) is 0 Å². The molecule has 4 rings (SSSR count). The molecule has 1 fully saturated rings. The first-order valence-electron chi connectivity index (χ1n) is 10.1. The number of non-ortho nitro benzene ring substituents is 1. The molecule has 1 amide bonds. The second-order valence-corrected chi connectivity index (χ2v) is 7.64. The highest BCUT2D eigenvalue weighted by atomic mass is 16.6. The highest BCUT2D eigenvalue weighted by Gasteiger charge is 2.28. The largest absolute Gasteiger partial charge is 0.459 e. The summed E-state index contributed by atoms with van der Waals surface area (Å²) in [6.45, 7) is 5.40. The van der Waals surface area contributed by atoms with Gasteiger partial charge >= 0.3 is 0 Å². The first kappa shape index (κ1) is 20.7. The number of carbonyl (C=O) groups excluding carboxylic acids is 1. The number of benzene rings is 1. The van der Waals surface area contributed by atoms with Crippen LogP contribution in [0.1, 0.15) is 47.8 Å². The van der Waals surface area contributed by atoms with E-state index in [1.807, 2.05) is 13.8 Å². The third-order valence-corrected chi connectivity index (χ3v) is 5.60. The minimum Gasteiger partial charge on any atom is -0.459 e. The smallest absolute Gasteiger partial charge is 0.287 e. The fourth-order valence-electron chi connectivity index (χ4n) is 3.69. The van der Waals surface area contributed by atoms with Gasteiger partial charge < -0.3 is 14.2 Å². The van der Waals surface area contributed by atoms with Crippen molar-refractivity contribution in [2.75, 3.05) is 13.1 Å². The van der Waals surface area contributed by atoms with Crippen LogP contribution in [-0.2, 0) is 0 Å². The van der Waals surface area contributed by atoms with Gasteiger partial charge in [-0.2, -0.15) is 0 Å². The Hall–Kier alpha value is -3.53. The van der Waals surface area contributed by atoms with Gasteiger partial charge in [-0.25, -0.2) is 0 Å². The molecule has 0 bridgehead atoms. The summed E-state index contributed by atoms with van der Waals surface area (Å²) in [4.78, 5) is 24.9. The number of hydrogen-bond donors (Lipinski definition) is 1. The molecule has 10 nitrogen and oxygen atoms in total. The number of hydrogen-bond acceptors (Lipinski definition) is 8. The Morgan fingerprint density at radius 2 is 1.94 bits per heavy atom. The third-order valence-electron chi connectivity index (χ3n) is 5.60. The van der Waals surface area contributed by atoms with Gasteiger partial charge in [-0.1, -0.05) is 0 Å². The summed E-state index contributed by atoms with van der Waals surface area (Å²) in [5.41, 5.74) is 1.46. The highest BCUT2D eigenvalue weighted by molar-refractivity contribution is 5.92. The van der Waals surface area contributed by atoms with E-state index in [0.29, 0.717) is 23.1 Å². The Morgan fingerprint density at radius 1 is 1.23 bits per heavy atom. The molecule has 0 aliphatic carbocycles. The number of nitro groups is 1. The first-order valence-corrected chi connectivity index (χ1v) is 10.1. The summed E-state index contributed by atoms with van der Waals surface area (Å²) >= 11 is 0. The lowest BCUT2D eigenvalue weighted by atomic mass is 10.0. The van der Waals surface area contributed by atoms with Crippen molar-refractivity contribution >= 4 is 11.6 Å². The Kier molecular flexibility index (Phi) is 5.81. The molecule has 0 saturated carbocycles. The Labute approximate surface area is 178 Å². The van der Waals surface area contributed by atoms with E-state index in [-0.39, 0.29) is 23.7 Å². The predicted octanol–water partition coefficient (Wildman–Crippen LogP) is 3.50. The topological polar surface area (TPSA) is 128 Å². The van der Waals surface area contributed by atoms with E-state index in [9.17, 15) is 14.9 Å². The number of aromatic nitrogens is 2. The molecule has 162 valence electrons. The summed E-state index contributed by atoms with van der Waals surface area (Å²) in [5.74, 6) is 0.994. The summed E-state index contributed by atoms with van der Waals surface area (Å²) < 4.78 is 11.1. The number of amides is 1. The number of carbonyl (C=O) groups is 1. The van der Waals surface area contributed by atoms with Crippen molar-refractivity contribution in [3.05, 3.63) is 63.9 Å². The SMILES string of the molecule is Cc1ccoc1C(=O)NC1CCN(C(C)c2nnc(-c3ccc([N+](=O)[O-])cc3)o2)CC1. The van der Waals surface area contributed by atoms with E-state index < -0.39 is 4.92 Å². The molecule has 1 aliphatic rings. The molecule has 0 spiro atoms. The van der Waals surface area contributed by atoms with Gasteiger partial charge in [0.2, 0.25) is 11.8 Å². The van der Waals surface area contributed by atoms with Crippen molar-refractivity contribution in [1.29, 1.82) is 0 Å². The number of likely N-dealkylation sites (tertiary alicyclic amines) is 1. The first-order chi connectivity index (χ1) is 14.9. The number of nitrogens with one attached hydrogen (secondary N) is 1. The van der Waals surface area contributed by atoms with E-state index in [4.69, 9.17) is 8.83 Å². The number of aryl methyl sites for hydroxylation is 1. The average molecular weight is 425 g/mol. The lowest BCUT2D eigenvalue weighted by Gasteiger charge is -2.34. The maximum Gasteiger partial charge on any atom is 0.287 e. The number of piperidine rings is 1. The molecule has 1 aliphatic heterocycles. The number of rotatable bonds is 6. The van der Waals surface area contributed by atoms with Crippen molar-refractivity contribution in [3.63, 3.8) is 0 Å². The fourth-order valence-corrected chi connectivity index (χ4v) is 3.69. The molecule has 1 N–H and O–H groups in total. The average Bonchev–Trinajstić information content (AvgIpc) is 3.43. The molecule has 0 radical (unpaired) electrons. The molecule has 10 heteroatoms. The van der Waals surface area contributed by atoms with E-state index in [2.05, 4.69) is 20.4 Å². The lowest BCUT2D eigenvalue weighted by molar-refractivity contribution is -0.384. The van der Waals surface area contributed by atoms with Crippen molar-refractivity contribution in [3.8, 4) is 11.5 Å². The number of nitrogens with zero attached hydrogens (tertiary/aromatic N) is 4. The second-order valence-electron chi connectivity index (χ2n) is 7.64. The molecule has 1 saturated heterocycles. The minimum absolute atomic E-state index is 0.00836. The molecular formula is C21H23N5O5. The van der Waals surface area contributed by atoms with Crippen molar-refractivity contribution < 1.29 is 18.6 Å². The minimum atomic E-state index is -0.451. The lowest BCUT2D eigenvalue weighted by Crippen LogP contribution is -2.45. The highest BCUT2D eigenvalue weighted by Crippen LogP contribution is 2.27. The molecule has 3 aromatic rings. The zero-order valence-corrected chi connectivity index (χ0v) is 17.3. The van der Waals surface area contributed by atoms with Gasteiger partial charge in [-0.3, -0.25) is 19.8 Å². The summed E-state index contributed by atoms with van der Waals surface area (Å²) in [7, 11) is 0. The van der Waals surface area contributed by atoms with Gasteiger partial charge in [0.05, 0.1) is 17.2 Å². The zero-order valence-electron chi connectivity index (χ0n) is 17.3. The number of nitro benzene ring substituents is 1. The van der Waals surface area contributed by atoms with E-state index in [1.54, 1.807) is 18.2 Å². The predicted molar refractivity (Wildman–Crippen MR) is 110 cm³/mol. The van der Waals surface area contributed by atoms with Crippen LogP contribution < -0.4 is 5.32 Å². The van der Waals surface area contributed by atoms with Gasteiger partial charge in [0, 0.05) is 42.4 Å². The Bertz CT molecular complexity index is 1070. The Morgan fingerprint density at radius 3 is 2.55 bits per heavy atom. The van der Waals surface area contributed by atoms with Crippen LogP contribution in [0, 0.1) is 17.0 Å². The molecule has 1 aromatic carbocycles. The van der Waals surface area contributed by atoms with Gasteiger partial charge in [0.15, 0.2) is 5.76 Å². The quantitative estimate of drug-likeness (QED) is 0.469. The van der Waals surface area contributed by atoms with Crippen LogP contribution in [0.3, 0.4) is 0 Å². The van der Waals surface area contributed by atoms with Gasteiger partial charge in [-0.05, 0) is 44.9 Å². The fraction of sp³-hybridized carbons (Fsp3) is 0.381. The standard InChI is InChI=1S/C21H23N5O5/c1-13-9-12-30-18(13)19(27)22-16-7-10-25(11-8-16)14(2)20-23-24-21(31-20)15-3-5-17(6-4-15)26(28)29/h3-6,9,12,14,16H,7-8,10-11H2,1-2H3,(H,22,27). The molecular weight excluding hydrogens is 402 g/mol. The normalized spacial score (nSPS) is 16.2. The Balaban J connectivity index is 1.34. The van der Waals surface area contributed by atoms with E-state index in [0.717, 1.165) is 31.5 Å². The van der Waals surface area contributed by atoms with Crippen molar-refractivity contribution in [1.82, 2.24) is 20.4 Å². The van der Waals surface area contributed by atoms with Crippen molar-refractivity contribution in [2.24, 2.45) is 0 Å². The molecule has 2 aromatic heterocycles. The third kappa shape index (κ3) is 4.48. The van der Waals surface area contributed by atoms with E-state index in [1.165, 1.54) is 18.4 Å². The van der Waals surface area contributed by atoms with Crippen molar-refractivity contribution in [2.45, 2.75) is 38.8 Å². The maximum absolute atomic E-state index is 12.3. The van der Waals surface area contributed by atoms with Crippen LogP contribution in [0.15, 0.2) is 45.4 Å². The number of furan rings is 1. The molecule has 1 unspecified atom stereocenters. The maximum atomic E-state index is 12.3.